The van der Waals surface area contributed by atoms with E-state index in [4.69, 9.17) is 0 Å². The molecule has 0 radical (unpaired) electrons. The average Bonchev–Trinajstić information content (AvgIpc) is 3.20. The second kappa shape index (κ2) is 6.30. The van der Waals surface area contributed by atoms with Gasteiger partial charge >= 0.3 is 0 Å². The van der Waals surface area contributed by atoms with Crippen molar-refractivity contribution >= 4 is 11.7 Å². The van der Waals surface area contributed by atoms with Crippen LogP contribution in [0.3, 0.4) is 0 Å². The standard InChI is InChI=1S/C19H24N6O/c1-19(2,3)16-6-17(23-12-22-16)24-8-13-10-25(11-14(13)9-24)18(26)15-7-20-4-5-21-15/h4-7,12-14H,8-11H2,1-3H3. The molecule has 7 nitrogen and oxygen atoms in total. The molecule has 0 aliphatic carbocycles. The molecular weight excluding hydrogens is 328 g/mol. The number of hydrogen-bond acceptors (Lipinski definition) is 6. The van der Waals surface area contributed by atoms with Crippen LogP contribution in [0.25, 0.3) is 0 Å². The van der Waals surface area contributed by atoms with Gasteiger partial charge in [-0.1, -0.05) is 20.8 Å². The number of aromatic nitrogens is 4. The maximum Gasteiger partial charge on any atom is 0.274 e. The minimum Gasteiger partial charge on any atom is -0.356 e. The summed E-state index contributed by atoms with van der Waals surface area (Å²) >= 11 is 0. The minimum absolute atomic E-state index is 0.00717. The Morgan fingerprint density at radius 2 is 1.77 bits per heavy atom. The Bertz CT molecular complexity index is 789. The highest BCUT2D eigenvalue weighted by Gasteiger charge is 2.42. The molecule has 0 saturated carbocycles. The molecule has 2 saturated heterocycles. The van der Waals surface area contributed by atoms with Gasteiger partial charge in [-0.3, -0.25) is 9.78 Å². The van der Waals surface area contributed by atoms with E-state index in [1.54, 1.807) is 18.7 Å². The quantitative estimate of drug-likeness (QED) is 0.820. The summed E-state index contributed by atoms with van der Waals surface area (Å²) in [6, 6.07) is 2.10. The smallest absolute Gasteiger partial charge is 0.274 e. The third-order valence-electron chi connectivity index (χ3n) is 5.30. The molecule has 2 aliphatic heterocycles. The summed E-state index contributed by atoms with van der Waals surface area (Å²) in [5.41, 5.74) is 1.49. The van der Waals surface area contributed by atoms with Gasteiger partial charge in [-0.2, -0.15) is 0 Å². The lowest BCUT2D eigenvalue weighted by Gasteiger charge is -2.24. The van der Waals surface area contributed by atoms with Gasteiger partial charge in [0.05, 0.1) is 11.9 Å². The SMILES string of the molecule is CC(C)(C)c1cc(N2CC3CN(C(=O)c4cnccn4)CC3C2)ncn1. The largest absolute Gasteiger partial charge is 0.356 e. The van der Waals surface area contributed by atoms with Crippen LogP contribution < -0.4 is 4.90 Å². The van der Waals surface area contributed by atoms with Crippen molar-refractivity contribution in [3.63, 3.8) is 0 Å². The first-order valence-corrected chi connectivity index (χ1v) is 9.04. The number of likely N-dealkylation sites (tertiary alicyclic amines) is 1. The Kier molecular flexibility index (Phi) is 4.09. The Morgan fingerprint density at radius 1 is 1.04 bits per heavy atom. The summed E-state index contributed by atoms with van der Waals surface area (Å²) in [7, 11) is 0. The third kappa shape index (κ3) is 3.13. The molecule has 0 N–H and O–H groups in total. The summed E-state index contributed by atoms with van der Waals surface area (Å²) in [5.74, 6) is 1.93. The van der Waals surface area contributed by atoms with Gasteiger partial charge in [0, 0.05) is 61.9 Å². The predicted molar refractivity (Wildman–Crippen MR) is 97.9 cm³/mol. The monoisotopic (exact) mass is 352 g/mol. The molecule has 2 aliphatic rings. The number of amides is 1. The highest BCUT2D eigenvalue weighted by atomic mass is 16.2. The van der Waals surface area contributed by atoms with Crippen molar-refractivity contribution in [3.05, 3.63) is 42.4 Å². The first-order valence-electron chi connectivity index (χ1n) is 9.04. The van der Waals surface area contributed by atoms with Crippen LogP contribution in [0.5, 0.6) is 0 Å². The Labute approximate surface area is 153 Å². The van der Waals surface area contributed by atoms with Crippen molar-refractivity contribution < 1.29 is 4.79 Å². The van der Waals surface area contributed by atoms with E-state index in [2.05, 4.69) is 51.7 Å². The highest BCUT2D eigenvalue weighted by molar-refractivity contribution is 5.92. The Morgan fingerprint density at radius 3 is 2.38 bits per heavy atom. The fourth-order valence-electron chi connectivity index (χ4n) is 3.85. The number of fused-ring (bicyclic) bond motifs is 1. The summed E-state index contributed by atoms with van der Waals surface area (Å²) in [6.07, 6.45) is 6.35. The van der Waals surface area contributed by atoms with Crippen molar-refractivity contribution in [1.29, 1.82) is 0 Å². The van der Waals surface area contributed by atoms with Gasteiger partial charge in [0.1, 0.15) is 17.8 Å². The predicted octanol–water partition coefficient (Wildman–Crippen LogP) is 1.77. The summed E-state index contributed by atoms with van der Waals surface area (Å²) in [5, 5.41) is 0. The number of carbonyl (C=O) groups is 1. The number of hydrogen-bond donors (Lipinski definition) is 0. The van der Waals surface area contributed by atoms with Gasteiger partial charge < -0.3 is 9.80 Å². The normalized spacial score (nSPS) is 22.6. The average molecular weight is 352 g/mol. The minimum atomic E-state index is -0.0175. The Balaban J connectivity index is 1.43. The van der Waals surface area contributed by atoms with Crippen LogP contribution in [0.4, 0.5) is 5.82 Å². The van der Waals surface area contributed by atoms with Gasteiger partial charge in [0.15, 0.2) is 0 Å². The van der Waals surface area contributed by atoms with E-state index >= 15 is 0 Å². The van der Waals surface area contributed by atoms with E-state index in [0.29, 0.717) is 17.5 Å². The second-order valence-electron chi connectivity index (χ2n) is 8.24. The number of rotatable bonds is 2. The first-order chi connectivity index (χ1) is 12.4. The summed E-state index contributed by atoms with van der Waals surface area (Å²) in [6.45, 7) is 9.88. The van der Waals surface area contributed by atoms with Crippen molar-refractivity contribution in [2.75, 3.05) is 31.1 Å². The maximum atomic E-state index is 12.6. The zero-order valence-electron chi connectivity index (χ0n) is 15.5. The molecule has 4 rings (SSSR count). The molecule has 2 unspecified atom stereocenters. The van der Waals surface area contributed by atoms with Gasteiger partial charge in [0.2, 0.25) is 0 Å². The molecule has 0 bridgehead atoms. The maximum absolute atomic E-state index is 12.6. The zero-order chi connectivity index (χ0) is 18.3. The molecule has 1 amide bonds. The van der Waals surface area contributed by atoms with Crippen molar-refractivity contribution in [3.8, 4) is 0 Å². The fourth-order valence-corrected chi connectivity index (χ4v) is 3.85. The van der Waals surface area contributed by atoms with E-state index < -0.39 is 0 Å². The molecule has 2 aromatic heterocycles. The van der Waals surface area contributed by atoms with Crippen LogP contribution in [0.15, 0.2) is 31.0 Å². The second-order valence-corrected chi connectivity index (χ2v) is 8.24. The summed E-state index contributed by atoms with van der Waals surface area (Å²) < 4.78 is 0. The lowest BCUT2D eigenvalue weighted by atomic mass is 9.92. The van der Waals surface area contributed by atoms with Crippen molar-refractivity contribution in [1.82, 2.24) is 24.8 Å². The van der Waals surface area contributed by atoms with Crippen LogP contribution in [0.1, 0.15) is 37.0 Å². The van der Waals surface area contributed by atoms with Crippen LogP contribution in [-0.4, -0.2) is 56.9 Å². The van der Waals surface area contributed by atoms with E-state index in [0.717, 1.165) is 37.7 Å². The molecule has 0 aromatic carbocycles. The first kappa shape index (κ1) is 16.9. The third-order valence-corrected chi connectivity index (χ3v) is 5.30. The van der Waals surface area contributed by atoms with Crippen LogP contribution >= 0.6 is 0 Å². The number of nitrogens with zero attached hydrogens (tertiary/aromatic N) is 6. The summed E-state index contributed by atoms with van der Waals surface area (Å²) in [4.78, 5) is 33.8. The van der Waals surface area contributed by atoms with Gasteiger partial charge in [-0.15, -0.1) is 0 Å². The van der Waals surface area contributed by atoms with E-state index in [9.17, 15) is 4.79 Å². The van der Waals surface area contributed by atoms with Gasteiger partial charge in [0.25, 0.3) is 5.91 Å². The van der Waals surface area contributed by atoms with Gasteiger partial charge in [-0.25, -0.2) is 15.0 Å². The molecule has 4 heterocycles. The van der Waals surface area contributed by atoms with Gasteiger partial charge in [-0.05, 0) is 0 Å². The fraction of sp³-hybridized carbons (Fsp3) is 0.526. The lowest BCUT2D eigenvalue weighted by Crippen LogP contribution is -2.34. The van der Waals surface area contributed by atoms with E-state index in [-0.39, 0.29) is 11.3 Å². The molecule has 2 fully saturated rings. The number of carbonyl (C=O) groups excluding carboxylic acids is 1. The van der Waals surface area contributed by atoms with Crippen LogP contribution in [0, 0.1) is 11.8 Å². The molecule has 26 heavy (non-hydrogen) atoms. The van der Waals surface area contributed by atoms with Crippen LogP contribution in [-0.2, 0) is 5.41 Å². The molecule has 7 heteroatoms. The Hall–Kier alpha value is -2.57. The van der Waals surface area contributed by atoms with Crippen molar-refractivity contribution in [2.45, 2.75) is 26.2 Å². The molecule has 2 atom stereocenters. The topological polar surface area (TPSA) is 75.1 Å². The molecular formula is C19H24N6O. The van der Waals surface area contributed by atoms with E-state index in [1.807, 2.05) is 4.90 Å². The highest BCUT2D eigenvalue weighted by Crippen LogP contribution is 2.34. The van der Waals surface area contributed by atoms with E-state index in [1.165, 1.54) is 6.20 Å². The molecule has 136 valence electrons. The number of anilines is 1. The molecule has 2 aromatic rings. The molecule has 0 spiro atoms. The lowest BCUT2D eigenvalue weighted by molar-refractivity contribution is 0.0776. The van der Waals surface area contributed by atoms with Crippen LogP contribution in [0.2, 0.25) is 0 Å². The van der Waals surface area contributed by atoms with Crippen molar-refractivity contribution in [2.24, 2.45) is 11.8 Å². The zero-order valence-corrected chi connectivity index (χ0v) is 15.5.